The maximum atomic E-state index is 8.47. The Balaban J connectivity index is 2.31. The van der Waals surface area contributed by atoms with Crippen LogP contribution in [0.15, 0.2) is 36.5 Å². The van der Waals surface area contributed by atoms with Crippen LogP contribution in [-0.4, -0.2) is 15.0 Å². The molecule has 0 saturated carbocycles. The molecule has 0 unspecified atom stereocenters. The predicted molar refractivity (Wildman–Crippen MR) is 50.7 cm³/mol. The van der Waals surface area contributed by atoms with Gasteiger partial charge in [-0.15, -0.1) is 5.10 Å². The lowest BCUT2D eigenvalue weighted by atomic mass is 10.3. The Morgan fingerprint density at radius 1 is 1.29 bits per heavy atom. The van der Waals surface area contributed by atoms with Crippen LogP contribution in [0.5, 0.6) is 0 Å². The average Bonchev–Trinajstić information content (AvgIpc) is 2.68. The predicted octanol–water partition coefficient (Wildman–Crippen LogP) is 1.33. The Morgan fingerprint density at radius 3 is 2.79 bits per heavy atom. The van der Waals surface area contributed by atoms with E-state index >= 15 is 0 Å². The van der Waals surface area contributed by atoms with Crippen LogP contribution < -0.4 is 0 Å². The van der Waals surface area contributed by atoms with Crippen LogP contribution in [-0.2, 0) is 6.42 Å². The van der Waals surface area contributed by atoms with E-state index in [1.54, 1.807) is 10.9 Å². The molecular weight excluding hydrogens is 176 g/mol. The molecule has 4 heteroatoms. The van der Waals surface area contributed by atoms with Gasteiger partial charge in [-0.1, -0.05) is 23.4 Å². The Hall–Kier alpha value is -2.15. The summed E-state index contributed by atoms with van der Waals surface area (Å²) in [5.74, 6) is 0. The molecule has 68 valence electrons. The summed E-state index contributed by atoms with van der Waals surface area (Å²) in [6.45, 7) is 0. The van der Waals surface area contributed by atoms with Crippen LogP contribution in [0.2, 0.25) is 0 Å². The zero-order chi connectivity index (χ0) is 9.80. The smallest absolute Gasteiger partial charge is 0.0972 e. The molecule has 0 aliphatic carbocycles. The third kappa shape index (κ3) is 1.62. The molecule has 1 aromatic carbocycles. The molecule has 0 fully saturated rings. The molecule has 0 aliphatic rings. The van der Waals surface area contributed by atoms with Gasteiger partial charge in [0.1, 0.15) is 0 Å². The number of hydrogen-bond acceptors (Lipinski definition) is 3. The van der Waals surface area contributed by atoms with Crippen molar-refractivity contribution in [1.82, 2.24) is 15.0 Å². The molecule has 0 aliphatic heterocycles. The minimum Gasteiger partial charge on any atom is -0.220 e. The number of aromatic nitrogens is 3. The van der Waals surface area contributed by atoms with Gasteiger partial charge in [0.05, 0.1) is 30.1 Å². The van der Waals surface area contributed by atoms with Crippen LogP contribution in [0.1, 0.15) is 5.69 Å². The molecule has 1 aromatic heterocycles. The van der Waals surface area contributed by atoms with Gasteiger partial charge < -0.3 is 0 Å². The highest BCUT2D eigenvalue weighted by Crippen LogP contribution is 2.05. The third-order valence-corrected chi connectivity index (χ3v) is 1.82. The van der Waals surface area contributed by atoms with Crippen molar-refractivity contribution in [2.75, 3.05) is 0 Å². The summed E-state index contributed by atoms with van der Waals surface area (Å²) in [7, 11) is 0. The van der Waals surface area contributed by atoms with E-state index in [2.05, 4.69) is 10.3 Å². The molecule has 0 amide bonds. The van der Waals surface area contributed by atoms with Gasteiger partial charge in [0, 0.05) is 0 Å². The standard InChI is InChI=1S/C10H8N4/c11-7-6-9-8-14(13-12-9)10-4-2-1-3-5-10/h1-5,8H,6H2. The fourth-order valence-electron chi connectivity index (χ4n) is 1.17. The van der Waals surface area contributed by atoms with Gasteiger partial charge in [0.15, 0.2) is 0 Å². The van der Waals surface area contributed by atoms with Crippen molar-refractivity contribution in [2.45, 2.75) is 6.42 Å². The van der Waals surface area contributed by atoms with E-state index in [-0.39, 0.29) is 0 Å². The summed E-state index contributed by atoms with van der Waals surface area (Å²) in [4.78, 5) is 0. The summed E-state index contributed by atoms with van der Waals surface area (Å²) in [5, 5.41) is 16.3. The summed E-state index contributed by atoms with van der Waals surface area (Å²) in [6, 6.07) is 11.7. The maximum absolute atomic E-state index is 8.47. The molecule has 0 atom stereocenters. The Bertz CT molecular complexity index is 452. The van der Waals surface area contributed by atoms with E-state index in [1.807, 2.05) is 36.4 Å². The average molecular weight is 184 g/mol. The highest BCUT2D eigenvalue weighted by molar-refractivity contribution is 5.30. The summed E-state index contributed by atoms with van der Waals surface area (Å²) in [6.07, 6.45) is 2.06. The largest absolute Gasteiger partial charge is 0.220 e. The minimum atomic E-state index is 0.298. The van der Waals surface area contributed by atoms with E-state index in [1.165, 1.54) is 0 Å². The highest BCUT2D eigenvalue weighted by atomic mass is 15.4. The number of nitriles is 1. The lowest BCUT2D eigenvalue weighted by molar-refractivity contribution is 0.799. The quantitative estimate of drug-likeness (QED) is 0.707. The fraction of sp³-hybridized carbons (Fsp3) is 0.100. The van der Waals surface area contributed by atoms with Gasteiger partial charge >= 0.3 is 0 Å². The van der Waals surface area contributed by atoms with Crippen molar-refractivity contribution in [3.8, 4) is 11.8 Å². The summed E-state index contributed by atoms with van der Waals surface area (Å²) < 4.78 is 1.66. The van der Waals surface area contributed by atoms with Crippen molar-refractivity contribution < 1.29 is 0 Å². The molecule has 2 rings (SSSR count). The Labute approximate surface area is 81.4 Å². The first-order valence-corrected chi connectivity index (χ1v) is 4.24. The second-order valence-corrected chi connectivity index (χ2v) is 2.82. The Kier molecular flexibility index (Phi) is 2.24. The highest BCUT2D eigenvalue weighted by Gasteiger charge is 2.00. The first-order valence-electron chi connectivity index (χ1n) is 4.24. The minimum absolute atomic E-state index is 0.298. The number of para-hydroxylation sites is 1. The third-order valence-electron chi connectivity index (χ3n) is 1.82. The van der Waals surface area contributed by atoms with Crippen molar-refractivity contribution in [1.29, 1.82) is 5.26 Å². The molecule has 0 N–H and O–H groups in total. The SMILES string of the molecule is N#CCc1cn(-c2ccccc2)nn1. The van der Waals surface area contributed by atoms with Crippen LogP contribution in [0.3, 0.4) is 0 Å². The number of nitrogens with zero attached hydrogens (tertiary/aromatic N) is 4. The zero-order valence-electron chi connectivity index (χ0n) is 7.46. The number of benzene rings is 1. The molecule has 1 heterocycles. The van der Waals surface area contributed by atoms with E-state index in [0.717, 1.165) is 5.69 Å². The molecule has 0 saturated heterocycles. The topological polar surface area (TPSA) is 54.5 Å². The zero-order valence-corrected chi connectivity index (χ0v) is 7.46. The van der Waals surface area contributed by atoms with Gasteiger partial charge in [-0.3, -0.25) is 0 Å². The van der Waals surface area contributed by atoms with Crippen molar-refractivity contribution in [3.63, 3.8) is 0 Å². The molecule has 0 radical (unpaired) electrons. The lowest BCUT2D eigenvalue weighted by Crippen LogP contribution is -1.93. The molecule has 2 aromatic rings. The fourth-order valence-corrected chi connectivity index (χ4v) is 1.17. The van der Waals surface area contributed by atoms with Crippen molar-refractivity contribution in [3.05, 3.63) is 42.2 Å². The van der Waals surface area contributed by atoms with Gasteiger partial charge in [-0.2, -0.15) is 5.26 Å². The first kappa shape index (κ1) is 8.45. The normalized spacial score (nSPS) is 9.64. The molecule has 14 heavy (non-hydrogen) atoms. The summed E-state index contributed by atoms with van der Waals surface area (Å²) >= 11 is 0. The van der Waals surface area contributed by atoms with E-state index in [0.29, 0.717) is 12.1 Å². The summed E-state index contributed by atoms with van der Waals surface area (Å²) in [5.41, 5.74) is 1.64. The molecule has 4 nitrogen and oxygen atoms in total. The van der Waals surface area contributed by atoms with Gasteiger partial charge in [-0.25, -0.2) is 4.68 Å². The van der Waals surface area contributed by atoms with Crippen LogP contribution in [0.25, 0.3) is 5.69 Å². The second kappa shape index (κ2) is 3.71. The monoisotopic (exact) mass is 184 g/mol. The molecule has 0 bridgehead atoms. The van der Waals surface area contributed by atoms with E-state index < -0.39 is 0 Å². The van der Waals surface area contributed by atoms with Crippen molar-refractivity contribution >= 4 is 0 Å². The van der Waals surface area contributed by atoms with Gasteiger partial charge in [0.2, 0.25) is 0 Å². The lowest BCUT2D eigenvalue weighted by Gasteiger charge is -1.96. The van der Waals surface area contributed by atoms with E-state index in [4.69, 9.17) is 5.26 Å². The second-order valence-electron chi connectivity index (χ2n) is 2.82. The van der Waals surface area contributed by atoms with Crippen LogP contribution >= 0.6 is 0 Å². The first-order chi connectivity index (χ1) is 6.90. The number of hydrogen-bond donors (Lipinski definition) is 0. The maximum Gasteiger partial charge on any atom is 0.0972 e. The van der Waals surface area contributed by atoms with E-state index in [9.17, 15) is 0 Å². The van der Waals surface area contributed by atoms with Crippen LogP contribution in [0.4, 0.5) is 0 Å². The Morgan fingerprint density at radius 2 is 2.07 bits per heavy atom. The van der Waals surface area contributed by atoms with Gasteiger partial charge in [-0.05, 0) is 12.1 Å². The van der Waals surface area contributed by atoms with Crippen molar-refractivity contribution in [2.24, 2.45) is 0 Å². The van der Waals surface area contributed by atoms with Gasteiger partial charge in [0.25, 0.3) is 0 Å². The van der Waals surface area contributed by atoms with Crippen LogP contribution in [0, 0.1) is 11.3 Å². The number of rotatable bonds is 2. The molecule has 0 spiro atoms. The molecular formula is C10H8N4.